The Kier molecular flexibility index (Phi) is 5.77. The fraction of sp³-hybridized carbons (Fsp3) is 0.350. The molecule has 1 atom stereocenters. The summed E-state index contributed by atoms with van der Waals surface area (Å²) in [6, 6.07) is 12.2. The van der Waals surface area contributed by atoms with E-state index in [1.807, 2.05) is 24.3 Å². The number of rotatable bonds is 4. The van der Waals surface area contributed by atoms with Crippen molar-refractivity contribution >= 4 is 44.6 Å². The van der Waals surface area contributed by atoms with E-state index in [4.69, 9.17) is 21.1 Å². The Morgan fingerprint density at radius 1 is 1.13 bits per heavy atom. The van der Waals surface area contributed by atoms with Crippen molar-refractivity contribution in [2.75, 3.05) is 53.6 Å². The second-order valence-corrected chi connectivity index (χ2v) is 9.49. The van der Waals surface area contributed by atoms with Gasteiger partial charge in [-0.1, -0.05) is 11.6 Å². The molecule has 0 saturated carbocycles. The van der Waals surface area contributed by atoms with Gasteiger partial charge < -0.3 is 19.7 Å². The highest BCUT2D eigenvalue weighted by Gasteiger charge is 2.35. The summed E-state index contributed by atoms with van der Waals surface area (Å²) in [6.07, 6.45) is 0.0924. The van der Waals surface area contributed by atoms with Gasteiger partial charge in [-0.3, -0.25) is 9.10 Å². The topological polar surface area (TPSA) is 88.2 Å². The maximum Gasteiger partial charge on any atom is 0.267 e. The number of fused-ring (bicyclic) bond motifs is 1. The monoisotopic (exact) mass is 451 g/mol. The van der Waals surface area contributed by atoms with Crippen LogP contribution in [0, 0.1) is 0 Å². The van der Waals surface area contributed by atoms with Gasteiger partial charge in [0.15, 0.2) is 6.10 Å². The molecule has 0 bridgehead atoms. The normalized spacial score (nSPS) is 19.1. The number of morpholine rings is 1. The highest BCUT2D eigenvalue weighted by Crippen LogP contribution is 2.37. The van der Waals surface area contributed by atoms with Crippen molar-refractivity contribution in [2.45, 2.75) is 6.10 Å². The highest BCUT2D eigenvalue weighted by molar-refractivity contribution is 7.92. The summed E-state index contributed by atoms with van der Waals surface area (Å²) in [5.41, 5.74) is 1.98. The van der Waals surface area contributed by atoms with E-state index in [9.17, 15) is 13.2 Å². The number of halogens is 1. The molecule has 1 amide bonds. The Hall–Kier alpha value is -2.49. The molecule has 1 saturated heterocycles. The van der Waals surface area contributed by atoms with Crippen LogP contribution in [0.1, 0.15) is 0 Å². The Labute approximate surface area is 180 Å². The van der Waals surface area contributed by atoms with Crippen LogP contribution in [-0.2, 0) is 19.6 Å². The minimum absolute atomic E-state index is 0.135. The van der Waals surface area contributed by atoms with Crippen LogP contribution >= 0.6 is 11.6 Å². The SMILES string of the molecule is CS(=O)(=O)N1C[C@@H](C(=O)Nc2ccc(N3CCOCC3)cc2)Oc2ccc(Cl)cc21. The zero-order chi connectivity index (χ0) is 21.3. The van der Waals surface area contributed by atoms with Crippen LogP contribution in [0.3, 0.4) is 0 Å². The number of nitrogens with one attached hydrogen (secondary N) is 1. The fourth-order valence-electron chi connectivity index (χ4n) is 3.47. The molecule has 2 aliphatic heterocycles. The molecule has 4 rings (SSSR count). The van der Waals surface area contributed by atoms with Crippen LogP contribution in [0.15, 0.2) is 42.5 Å². The first-order chi connectivity index (χ1) is 14.3. The third-order valence-electron chi connectivity index (χ3n) is 4.99. The van der Waals surface area contributed by atoms with Crippen molar-refractivity contribution in [3.63, 3.8) is 0 Å². The lowest BCUT2D eigenvalue weighted by atomic mass is 10.2. The summed E-state index contributed by atoms with van der Waals surface area (Å²) in [5.74, 6) is -0.137. The van der Waals surface area contributed by atoms with Crippen LogP contribution in [0.5, 0.6) is 5.75 Å². The van der Waals surface area contributed by atoms with Gasteiger partial charge in [0.25, 0.3) is 5.91 Å². The largest absolute Gasteiger partial charge is 0.476 e. The highest BCUT2D eigenvalue weighted by atomic mass is 35.5. The molecule has 2 aromatic carbocycles. The van der Waals surface area contributed by atoms with Crippen molar-refractivity contribution in [1.29, 1.82) is 0 Å². The number of ether oxygens (including phenoxy) is 2. The zero-order valence-corrected chi connectivity index (χ0v) is 17.9. The molecule has 1 N–H and O–H groups in total. The number of anilines is 3. The maximum atomic E-state index is 12.8. The lowest BCUT2D eigenvalue weighted by molar-refractivity contribution is -0.122. The van der Waals surface area contributed by atoms with Crippen molar-refractivity contribution < 1.29 is 22.7 Å². The molecule has 2 heterocycles. The Bertz CT molecular complexity index is 1040. The third kappa shape index (κ3) is 4.48. The van der Waals surface area contributed by atoms with E-state index in [1.54, 1.807) is 12.1 Å². The summed E-state index contributed by atoms with van der Waals surface area (Å²) in [5, 5.41) is 3.18. The van der Waals surface area contributed by atoms with E-state index in [-0.39, 0.29) is 6.54 Å². The van der Waals surface area contributed by atoms with Gasteiger partial charge in [0.05, 0.1) is 31.7 Å². The summed E-state index contributed by atoms with van der Waals surface area (Å²) >= 11 is 6.00. The van der Waals surface area contributed by atoms with Crippen LogP contribution in [0.25, 0.3) is 0 Å². The maximum absolute atomic E-state index is 12.8. The second kappa shape index (κ2) is 8.33. The van der Waals surface area contributed by atoms with Crippen LogP contribution < -0.4 is 19.3 Å². The van der Waals surface area contributed by atoms with Gasteiger partial charge in [0, 0.05) is 29.5 Å². The smallest absolute Gasteiger partial charge is 0.267 e. The third-order valence-corrected chi connectivity index (χ3v) is 6.38. The van der Waals surface area contributed by atoms with E-state index in [1.165, 1.54) is 6.07 Å². The first kappa shape index (κ1) is 20.8. The van der Waals surface area contributed by atoms with Gasteiger partial charge in [0.1, 0.15) is 5.75 Å². The van der Waals surface area contributed by atoms with Gasteiger partial charge in [-0.25, -0.2) is 8.42 Å². The summed E-state index contributed by atoms with van der Waals surface area (Å²) in [7, 11) is -3.61. The van der Waals surface area contributed by atoms with Crippen LogP contribution in [0.4, 0.5) is 17.1 Å². The van der Waals surface area contributed by atoms with Crippen molar-refractivity contribution in [2.24, 2.45) is 0 Å². The molecule has 1 fully saturated rings. The molecule has 8 nitrogen and oxygen atoms in total. The number of benzene rings is 2. The average Bonchev–Trinajstić information content (AvgIpc) is 2.73. The summed E-state index contributed by atoms with van der Waals surface area (Å²) in [6.45, 7) is 2.91. The molecule has 0 spiro atoms. The molecule has 160 valence electrons. The van der Waals surface area contributed by atoms with E-state index in [0.29, 0.717) is 35.4 Å². The number of carbonyl (C=O) groups excluding carboxylic acids is 1. The van der Waals surface area contributed by atoms with E-state index >= 15 is 0 Å². The first-order valence-corrected chi connectivity index (χ1v) is 11.7. The van der Waals surface area contributed by atoms with Gasteiger partial charge in [-0.2, -0.15) is 0 Å². The minimum atomic E-state index is -3.61. The lowest BCUT2D eigenvalue weighted by Crippen LogP contribution is -2.48. The van der Waals surface area contributed by atoms with Gasteiger partial charge in [-0.05, 0) is 42.5 Å². The first-order valence-electron chi connectivity index (χ1n) is 9.49. The van der Waals surface area contributed by atoms with Gasteiger partial charge in [-0.15, -0.1) is 0 Å². The lowest BCUT2D eigenvalue weighted by Gasteiger charge is -2.34. The van der Waals surface area contributed by atoms with Crippen molar-refractivity contribution in [1.82, 2.24) is 0 Å². The van der Waals surface area contributed by atoms with Crippen molar-refractivity contribution in [3.05, 3.63) is 47.5 Å². The quantitative estimate of drug-likeness (QED) is 0.767. The minimum Gasteiger partial charge on any atom is -0.476 e. The molecule has 2 aromatic rings. The molecule has 0 aliphatic carbocycles. The zero-order valence-electron chi connectivity index (χ0n) is 16.4. The molecule has 0 radical (unpaired) electrons. The molecule has 0 unspecified atom stereocenters. The molecule has 2 aliphatic rings. The number of nitrogens with zero attached hydrogens (tertiary/aromatic N) is 2. The Morgan fingerprint density at radius 3 is 2.50 bits per heavy atom. The fourth-order valence-corrected chi connectivity index (χ4v) is 4.55. The van der Waals surface area contributed by atoms with Gasteiger partial charge in [0.2, 0.25) is 10.0 Å². The average molecular weight is 452 g/mol. The van der Waals surface area contributed by atoms with E-state index in [0.717, 1.165) is 29.3 Å². The number of amides is 1. The van der Waals surface area contributed by atoms with E-state index < -0.39 is 22.0 Å². The molecule has 0 aromatic heterocycles. The standard InChI is InChI=1S/C20H22ClN3O5S/c1-30(26,27)24-13-19(29-18-7-2-14(21)12-17(18)24)20(25)22-15-3-5-16(6-4-15)23-8-10-28-11-9-23/h2-7,12,19H,8-11,13H2,1H3,(H,22,25)/t19-/m0/s1. The van der Waals surface area contributed by atoms with Crippen molar-refractivity contribution in [3.8, 4) is 5.75 Å². The Balaban J connectivity index is 1.49. The second-order valence-electron chi connectivity index (χ2n) is 7.15. The Morgan fingerprint density at radius 2 is 1.83 bits per heavy atom. The van der Waals surface area contributed by atoms with E-state index in [2.05, 4.69) is 10.2 Å². The number of hydrogen-bond acceptors (Lipinski definition) is 6. The van der Waals surface area contributed by atoms with Crippen LogP contribution in [0.2, 0.25) is 5.02 Å². The summed E-state index contributed by atoms with van der Waals surface area (Å²) < 4.78 is 36.8. The number of sulfonamides is 1. The van der Waals surface area contributed by atoms with Gasteiger partial charge >= 0.3 is 0 Å². The summed E-state index contributed by atoms with van der Waals surface area (Å²) in [4.78, 5) is 15.0. The number of carbonyl (C=O) groups is 1. The predicted molar refractivity (Wildman–Crippen MR) is 116 cm³/mol. The molecular weight excluding hydrogens is 430 g/mol. The predicted octanol–water partition coefficient (Wildman–Crippen LogP) is 2.34. The molecule has 10 heteroatoms. The number of hydrogen-bond donors (Lipinski definition) is 1. The molecular formula is C20H22ClN3O5S. The molecule has 30 heavy (non-hydrogen) atoms. The van der Waals surface area contributed by atoms with Crippen LogP contribution in [-0.4, -0.2) is 59.5 Å².